The van der Waals surface area contributed by atoms with Crippen molar-refractivity contribution in [2.45, 2.75) is 58.2 Å². The number of amides is 1. The van der Waals surface area contributed by atoms with Crippen molar-refractivity contribution in [3.05, 3.63) is 104 Å². The van der Waals surface area contributed by atoms with Crippen molar-refractivity contribution < 1.29 is 13.6 Å². The summed E-state index contributed by atoms with van der Waals surface area (Å²) in [7, 11) is 0. The highest BCUT2D eigenvalue weighted by atomic mass is 35.5. The number of carbonyl (C=O) groups is 1. The number of benzene rings is 1. The Morgan fingerprint density at radius 3 is 2.37 bits per heavy atom. The van der Waals surface area contributed by atoms with Crippen molar-refractivity contribution in [2.75, 3.05) is 13.1 Å². The molecule has 1 fully saturated rings. The fraction of sp³-hybridized carbons (Fsp3) is 0.333. The molecule has 3 aromatic rings. The minimum atomic E-state index is -1.98. The Morgan fingerprint density at radius 1 is 1.19 bits per heavy atom. The van der Waals surface area contributed by atoms with E-state index in [2.05, 4.69) is 17.5 Å². The molecule has 1 amide bonds. The van der Waals surface area contributed by atoms with Crippen molar-refractivity contribution in [3.63, 3.8) is 0 Å². The first-order chi connectivity index (χ1) is 20.3. The van der Waals surface area contributed by atoms with Crippen LogP contribution in [-0.4, -0.2) is 43.7 Å². The zero-order valence-electron chi connectivity index (χ0n) is 24.5. The van der Waals surface area contributed by atoms with Crippen molar-refractivity contribution in [2.24, 2.45) is 0 Å². The lowest BCUT2D eigenvalue weighted by Crippen LogP contribution is -2.63. The zero-order chi connectivity index (χ0) is 31.6. The van der Waals surface area contributed by atoms with Gasteiger partial charge in [-0.25, -0.2) is 13.8 Å². The third-order valence-electron chi connectivity index (χ3n) is 7.39. The standard InChI is InChI=1S/C33H33ClF2N4O3/c1-7-9-10-12-22(35)15-26-25(34)16-27-30(37-26)40(29-23(20(3)4)13-11-14-24(29)21(5)6)32(43)31(42)39(27)19-33(36)17-38(18-33)28(41)8-2/h1,8-14,16,20-21H,2,15,17-19H2,3-6H3/b10-9-,22-12+. The lowest BCUT2D eigenvalue weighted by atomic mass is 9.92. The van der Waals surface area contributed by atoms with Gasteiger partial charge in [-0.15, -0.1) is 6.42 Å². The summed E-state index contributed by atoms with van der Waals surface area (Å²) in [5.41, 5.74) is -1.52. The maximum absolute atomic E-state index is 15.8. The molecule has 0 saturated carbocycles. The number of carbonyl (C=O) groups excluding carboxylic acids is 1. The molecule has 0 aliphatic carbocycles. The predicted octanol–water partition coefficient (Wildman–Crippen LogP) is 5.77. The second-order valence-corrected chi connectivity index (χ2v) is 11.7. The average Bonchev–Trinajstić information content (AvgIpc) is 2.94. The number of para-hydroxylation sites is 1. The average molecular weight is 607 g/mol. The molecule has 10 heteroatoms. The Morgan fingerprint density at radius 2 is 1.81 bits per heavy atom. The number of pyridine rings is 1. The molecule has 4 rings (SSSR count). The van der Waals surface area contributed by atoms with Crippen LogP contribution >= 0.6 is 11.6 Å². The second-order valence-electron chi connectivity index (χ2n) is 11.3. The zero-order valence-corrected chi connectivity index (χ0v) is 25.3. The number of nitrogens with zero attached hydrogens (tertiary/aromatic N) is 4. The van der Waals surface area contributed by atoms with E-state index >= 15 is 4.39 Å². The quantitative estimate of drug-likeness (QED) is 0.134. The summed E-state index contributed by atoms with van der Waals surface area (Å²) in [6.07, 6.45) is 9.84. The van der Waals surface area contributed by atoms with Crippen LogP contribution in [0.4, 0.5) is 8.78 Å². The number of allylic oxidation sites excluding steroid dienone is 4. The maximum atomic E-state index is 15.8. The number of halogens is 3. The maximum Gasteiger partial charge on any atom is 0.322 e. The highest BCUT2D eigenvalue weighted by Gasteiger charge is 2.46. The van der Waals surface area contributed by atoms with Gasteiger partial charge in [0.1, 0.15) is 5.83 Å². The summed E-state index contributed by atoms with van der Waals surface area (Å²) in [5.74, 6) is 1.18. The van der Waals surface area contributed by atoms with Gasteiger partial charge in [0.2, 0.25) is 5.91 Å². The molecule has 0 radical (unpaired) electrons. The minimum Gasteiger partial charge on any atom is -0.332 e. The van der Waals surface area contributed by atoms with Crippen LogP contribution in [-0.2, 0) is 17.8 Å². The molecule has 0 unspecified atom stereocenters. The molecule has 224 valence electrons. The number of terminal acetylenes is 1. The van der Waals surface area contributed by atoms with E-state index < -0.39 is 35.1 Å². The van der Waals surface area contributed by atoms with Crippen LogP contribution < -0.4 is 11.1 Å². The van der Waals surface area contributed by atoms with Crippen molar-refractivity contribution in [1.82, 2.24) is 19.0 Å². The summed E-state index contributed by atoms with van der Waals surface area (Å²) in [6.45, 7) is 10.2. The fourth-order valence-corrected chi connectivity index (χ4v) is 5.49. The number of aromatic nitrogens is 3. The molecule has 1 aliphatic rings. The molecule has 0 spiro atoms. The van der Waals surface area contributed by atoms with Crippen molar-refractivity contribution >= 4 is 28.7 Å². The Labute approximate surface area is 253 Å². The lowest BCUT2D eigenvalue weighted by molar-refractivity contribution is -0.141. The summed E-state index contributed by atoms with van der Waals surface area (Å²) in [6, 6.07) is 7.05. The summed E-state index contributed by atoms with van der Waals surface area (Å²) >= 11 is 6.57. The molecule has 0 N–H and O–H groups in total. The first-order valence-corrected chi connectivity index (χ1v) is 14.3. The van der Waals surface area contributed by atoms with Crippen LogP contribution in [0.5, 0.6) is 0 Å². The SMILES string of the molecule is C#C/C=C\C=C(\F)Cc1nc2c(cc1Cl)n(CC1(F)CN(C(=O)C=C)C1)c(=O)c(=O)n2-c1c(C(C)C)cccc1C(C)C. The number of alkyl halides is 1. The van der Waals surface area contributed by atoms with Gasteiger partial charge in [-0.3, -0.25) is 23.5 Å². The molecular formula is C33H33ClF2N4O3. The summed E-state index contributed by atoms with van der Waals surface area (Å²) in [5, 5.41) is 0.0292. The third kappa shape index (κ3) is 6.25. The fourth-order valence-electron chi connectivity index (χ4n) is 5.28. The van der Waals surface area contributed by atoms with Gasteiger partial charge in [0.25, 0.3) is 0 Å². The largest absolute Gasteiger partial charge is 0.332 e. The first-order valence-electron chi connectivity index (χ1n) is 13.9. The third-order valence-corrected chi connectivity index (χ3v) is 7.72. The lowest BCUT2D eigenvalue weighted by Gasteiger charge is -2.44. The Hall–Kier alpha value is -4.29. The predicted molar refractivity (Wildman–Crippen MR) is 166 cm³/mol. The van der Waals surface area contributed by atoms with Crippen LogP contribution in [0.15, 0.2) is 70.6 Å². The van der Waals surface area contributed by atoms with Crippen LogP contribution in [0.2, 0.25) is 5.02 Å². The van der Waals surface area contributed by atoms with Gasteiger partial charge in [0.05, 0.1) is 41.6 Å². The smallest absolute Gasteiger partial charge is 0.322 e. The van der Waals surface area contributed by atoms with Crippen molar-refractivity contribution in [1.29, 1.82) is 0 Å². The monoisotopic (exact) mass is 606 g/mol. The second kappa shape index (κ2) is 12.5. The molecule has 1 saturated heterocycles. The summed E-state index contributed by atoms with van der Waals surface area (Å²) in [4.78, 5) is 45.6. The minimum absolute atomic E-state index is 0.0292. The van der Waals surface area contributed by atoms with Gasteiger partial charge in [-0.2, -0.15) is 0 Å². The van der Waals surface area contributed by atoms with E-state index in [1.165, 1.54) is 33.8 Å². The number of hydrogen-bond acceptors (Lipinski definition) is 4. The van der Waals surface area contributed by atoms with Crippen LogP contribution in [0, 0.1) is 12.3 Å². The highest BCUT2D eigenvalue weighted by Crippen LogP contribution is 2.34. The summed E-state index contributed by atoms with van der Waals surface area (Å²) < 4.78 is 32.9. The molecule has 43 heavy (non-hydrogen) atoms. The molecule has 7 nitrogen and oxygen atoms in total. The van der Waals surface area contributed by atoms with E-state index in [1.54, 1.807) is 0 Å². The van der Waals surface area contributed by atoms with E-state index in [0.717, 1.165) is 21.8 Å². The van der Waals surface area contributed by atoms with Crippen LogP contribution in [0.25, 0.3) is 16.9 Å². The molecule has 0 atom stereocenters. The number of likely N-dealkylation sites (tertiary alicyclic amines) is 1. The van der Waals surface area contributed by atoms with Gasteiger partial charge < -0.3 is 4.90 Å². The molecule has 1 aromatic carbocycles. The van der Waals surface area contributed by atoms with E-state index in [1.807, 2.05) is 45.9 Å². The Bertz CT molecular complexity index is 1800. The Balaban J connectivity index is 2.04. The highest BCUT2D eigenvalue weighted by molar-refractivity contribution is 6.31. The molecule has 0 bridgehead atoms. The molecule has 1 aliphatic heterocycles. The van der Waals surface area contributed by atoms with E-state index in [9.17, 15) is 18.8 Å². The topological polar surface area (TPSA) is 77.2 Å². The number of hydrogen-bond donors (Lipinski definition) is 0. The Kier molecular flexibility index (Phi) is 9.21. The van der Waals surface area contributed by atoms with E-state index in [0.29, 0.717) is 5.69 Å². The normalized spacial score (nSPS) is 14.9. The molecule has 2 aromatic heterocycles. The molecule has 3 heterocycles. The van der Waals surface area contributed by atoms with Crippen LogP contribution in [0.3, 0.4) is 0 Å². The first kappa shape index (κ1) is 31.6. The van der Waals surface area contributed by atoms with Gasteiger partial charge in [0.15, 0.2) is 11.3 Å². The van der Waals surface area contributed by atoms with E-state index in [4.69, 9.17) is 18.0 Å². The van der Waals surface area contributed by atoms with Gasteiger partial charge in [0, 0.05) is 6.42 Å². The number of rotatable bonds is 9. The number of fused-ring (bicyclic) bond motifs is 1. The molecular weight excluding hydrogens is 574 g/mol. The van der Waals surface area contributed by atoms with Crippen LogP contribution in [0.1, 0.15) is 56.4 Å². The van der Waals surface area contributed by atoms with E-state index in [-0.39, 0.29) is 53.2 Å². The van der Waals surface area contributed by atoms with Gasteiger partial charge in [-0.1, -0.05) is 76.1 Å². The van der Waals surface area contributed by atoms with Gasteiger partial charge in [-0.05, 0) is 47.3 Å². The van der Waals surface area contributed by atoms with Crippen molar-refractivity contribution in [3.8, 4) is 18.0 Å². The van der Waals surface area contributed by atoms with Gasteiger partial charge >= 0.3 is 11.1 Å².